The lowest BCUT2D eigenvalue weighted by Crippen LogP contribution is -2.42. The monoisotopic (exact) mass is 517 g/mol. The number of hydrogen-bond acceptors (Lipinski definition) is 5. The first-order chi connectivity index (χ1) is 19.0. The van der Waals surface area contributed by atoms with Crippen LogP contribution in [0.3, 0.4) is 0 Å². The van der Waals surface area contributed by atoms with Gasteiger partial charge in [-0.1, -0.05) is 72.8 Å². The second-order valence-corrected chi connectivity index (χ2v) is 10.2. The number of aryl methyl sites for hydroxylation is 1. The topological polar surface area (TPSA) is 108 Å². The van der Waals surface area contributed by atoms with Crippen molar-refractivity contribution in [3.63, 3.8) is 0 Å². The fourth-order valence-electron chi connectivity index (χ4n) is 5.75. The first-order valence-corrected chi connectivity index (χ1v) is 13.3. The van der Waals surface area contributed by atoms with Gasteiger partial charge in [-0.15, -0.1) is 0 Å². The minimum absolute atomic E-state index is 0.107. The Bertz CT molecular complexity index is 1580. The number of nitrogens with one attached hydrogen (secondary N) is 1. The van der Waals surface area contributed by atoms with E-state index in [-0.39, 0.29) is 6.04 Å². The summed E-state index contributed by atoms with van der Waals surface area (Å²) in [5.74, 6) is 0.0729. The predicted molar refractivity (Wildman–Crippen MR) is 150 cm³/mol. The van der Waals surface area contributed by atoms with E-state index < -0.39 is 11.5 Å². The summed E-state index contributed by atoms with van der Waals surface area (Å²) in [6.45, 7) is 1.17. The molecule has 2 unspecified atom stereocenters. The molecule has 0 bridgehead atoms. The van der Waals surface area contributed by atoms with Crippen molar-refractivity contribution >= 4 is 16.9 Å². The van der Waals surface area contributed by atoms with Crippen molar-refractivity contribution in [1.82, 2.24) is 19.9 Å². The van der Waals surface area contributed by atoms with Crippen LogP contribution in [0.5, 0.6) is 0 Å². The highest BCUT2D eigenvalue weighted by molar-refractivity contribution is 5.88. The number of rotatable bonds is 8. The molecule has 196 valence electrons. The van der Waals surface area contributed by atoms with Gasteiger partial charge in [0.15, 0.2) is 5.60 Å². The maximum Gasteiger partial charge on any atom is 0.258 e. The van der Waals surface area contributed by atoms with Gasteiger partial charge in [-0.25, -0.2) is 4.98 Å². The van der Waals surface area contributed by atoms with Crippen molar-refractivity contribution in [2.24, 2.45) is 5.73 Å². The van der Waals surface area contributed by atoms with Gasteiger partial charge in [-0.05, 0) is 59.7 Å². The van der Waals surface area contributed by atoms with E-state index >= 15 is 0 Å². The van der Waals surface area contributed by atoms with E-state index in [1.807, 2.05) is 60.8 Å². The molecule has 1 amide bonds. The van der Waals surface area contributed by atoms with Crippen LogP contribution in [0.15, 0.2) is 97.2 Å². The van der Waals surface area contributed by atoms with Crippen LogP contribution in [0.25, 0.3) is 11.0 Å². The van der Waals surface area contributed by atoms with Crippen LogP contribution in [-0.4, -0.2) is 30.9 Å². The third kappa shape index (κ3) is 4.82. The Kier molecular flexibility index (Phi) is 6.69. The second kappa shape index (κ2) is 10.4. The molecule has 0 spiro atoms. The Morgan fingerprint density at radius 3 is 2.59 bits per heavy atom. The minimum atomic E-state index is -1.93. The maximum atomic E-state index is 12.6. The Labute approximate surface area is 227 Å². The predicted octanol–water partition coefficient (Wildman–Crippen LogP) is 4.76. The third-order valence-electron chi connectivity index (χ3n) is 7.68. The Morgan fingerprint density at radius 1 is 0.974 bits per heavy atom. The number of H-pyrrole nitrogens is 1. The highest BCUT2D eigenvalue weighted by Crippen LogP contribution is 2.36. The smallest absolute Gasteiger partial charge is 0.258 e. The molecule has 2 heterocycles. The summed E-state index contributed by atoms with van der Waals surface area (Å²) in [5.41, 5.74) is 10.0. The fourth-order valence-corrected chi connectivity index (χ4v) is 5.75. The van der Waals surface area contributed by atoms with Gasteiger partial charge < -0.3 is 15.8 Å². The SMILES string of the molecule is NC(=O)C(O)(c1ccccc1)c1cccc(CN(Cc2nc3ccccc3[nH]2)C2CCCc3cccnc32)c1. The largest absolute Gasteiger partial charge is 0.372 e. The van der Waals surface area contributed by atoms with Crippen molar-refractivity contribution in [2.75, 3.05) is 0 Å². The summed E-state index contributed by atoms with van der Waals surface area (Å²) in [6, 6.07) is 28.7. The zero-order valence-electron chi connectivity index (χ0n) is 21.6. The molecule has 2 aromatic heterocycles. The lowest BCUT2D eigenvalue weighted by molar-refractivity contribution is -0.133. The molecule has 39 heavy (non-hydrogen) atoms. The number of aromatic nitrogens is 3. The van der Waals surface area contributed by atoms with E-state index in [0.717, 1.165) is 47.4 Å². The van der Waals surface area contributed by atoms with Crippen molar-refractivity contribution in [3.05, 3.63) is 131 Å². The molecule has 0 saturated carbocycles. The number of aliphatic hydroxyl groups is 1. The summed E-state index contributed by atoms with van der Waals surface area (Å²) < 4.78 is 0. The van der Waals surface area contributed by atoms with Gasteiger partial charge in [0, 0.05) is 12.7 Å². The summed E-state index contributed by atoms with van der Waals surface area (Å²) >= 11 is 0. The number of aromatic amines is 1. The number of amides is 1. The molecular formula is C32H31N5O2. The van der Waals surface area contributed by atoms with E-state index in [2.05, 4.69) is 16.0 Å². The number of imidazole rings is 1. The van der Waals surface area contributed by atoms with Crippen LogP contribution in [0.2, 0.25) is 0 Å². The zero-order chi connectivity index (χ0) is 26.8. The summed E-state index contributed by atoms with van der Waals surface area (Å²) in [5, 5.41) is 11.6. The highest BCUT2D eigenvalue weighted by Gasteiger charge is 2.38. The first kappa shape index (κ1) is 25.0. The van der Waals surface area contributed by atoms with E-state index in [4.69, 9.17) is 15.7 Å². The number of benzene rings is 3. The van der Waals surface area contributed by atoms with Crippen LogP contribution in [0, 0.1) is 0 Å². The van der Waals surface area contributed by atoms with Crippen LogP contribution >= 0.6 is 0 Å². The van der Waals surface area contributed by atoms with Gasteiger partial charge in [-0.3, -0.25) is 14.7 Å². The molecular weight excluding hydrogens is 486 g/mol. The van der Waals surface area contributed by atoms with Gasteiger partial charge in [0.2, 0.25) is 0 Å². The summed E-state index contributed by atoms with van der Waals surface area (Å²) in [6.07, 6.45) is 4.95. The van der Waals surface area contributed by atoms with Crippen molar-refractivity contribution < 1.29 is 9.90 Å². The Morgan fingerprint density at radius 2 is 1.77 bits per heavy atom. The molecule has 0 fully saturated rings. The normalized spacial score (nSPS) is 16.6. The van der Waals surface area contributed by atoms with Gasteiger partial charge in [-0.2, -0.15) is 0 Å². The van der Waals surface area contributed by atoms with Crippen LogP contribution in [0.1, 0.15) is 52.7 Å². The first-order valence-electron chi connectivity index (χ1n) is 13.3. The Hall–Kier alpha value is -4.33. The third-order valence-corrected chi connectivity index (χ3v) is 7.68. The Balaban J connectivity index is 1.38. The number of fused-ring (bicyclic) bond motifs is 2. The average molecular weight is 518 g/mol. The van der Waals surface area contributed by atoms with Gasteiger partial charge in [0.1, 0.15) is 5.82 Å². The molecule has 0 radical (unpaired) electrons. The van der Waals surface area contributed by atoms with E-state index in [9.17, 15) is 9.90 Å². The molecule has 5 aromatic rings. The molecule has 0 saturated heterocycles. The van der Waals surface area contributed by atoms with E-state index in [0.29, 0.717) is 24.2 Å². The number of primary amides is 1. The molecule has 1 aliphatic carbocycles. The van der Waals surface area contributed by atoms with Crippen molar-refractivity contribution in [1.29, 1.82) is 0 Å². The molecule has 7 nitrogen and oxygen atoms in total. The van der Waals surface area contributed by atoms with Gasteiger partial charge in [0.25, 0.3) is 5.91 Å². The fraction of sp³-hybridized carbons (Fsp3) is 0.219. The highest BCUT2D eigenvalue weighted by atomic mass is 16.3. The van der Waals surface area contributed by atoms with E-state index in [1.165, 1.54) is 5.56 Å². The van der Waals surface area contributed by atoms with Crippen LogP contribution < -0.4 is 5.73 Å². The van der Waals surface area contributed by atoms with Crippen LogP contribution in [0.4, 0.5) is 0 Å². The van der Waals surface area contributed by atoms with Crippen molar-refractivity contribution in [3.8, 4) is 0 Å². The standard InChI is InChI=1S/C32H31N5O2/c33-31(38)32(39,24-12-2-1-3-13-24)25-14-6-9-22(19-25)20-37(21-29-35-26-15-4-5-16-27(26)36-29)28-17-7-10-23-11-8-18-34-30(23)28/h1-6,8-9,11-16,18-19,28,39H,7,10,17,20-21H2,(H2,33,38)(H,35,36). The second-order valence-electron chi connectivity index (χ2n) is 10.2. The lowest BCUT2D eigenvalue weighted by Gasteiger charge is -2.35. The molecule has 2 atom stereocenters. The van der Waals surface area contributed by atoms with Gasteiger partial charge in [0.05, 0.1) is 29.3 Å². The molecule has 3 aromatic carbocycles. The number of pyridine rings is 1. The molecule has 6 rings (SSSR count). The number of carbonyl (C=O) groups excluding carboxylic acids is 1. The number of hydrogen-bond donors (Lipinski definition) is 3. The number of nitrogens with zero attached hydrogens (tertiary/aromatic N) is 3. The van der Waals surface area contributed by atoms with E-state index in [1.54, 1.807) is 30.3 Å². The minimum Gasteiger partial charge on any atom is -0.372 e. The van der Waals surface area contributed by atoms with Crippen molar-refractivity contribution in [2.45, 2.75) is 44.0 Å². The summed E-state index contributed by atoms with van der Waals surface area (Å²) in [4.78, 5) is 28.1. The van der Waals surface area contributed by atoms with Crippen LogP contribution in [-0.2, 0) is 29.9 Å². The quantitative estimate of drug-likeness (QED) is 0.275. The molecule has 1 aliphatic rings. The molecule has 0 aliphatic heterocycles. The lowest BCUT2D eigenvalue weighted by atomic mass is 9.85. The summed E-state index contributed by atoms with van der Waals surface area (Å²) in [7, 11) is 0. The zero-order valence-corrected chi connectivity index (χ0v) is 21.6. The van der Waals surface area contributed by atoms with Gasteiger partial charge >= 0.3 is 0 Å². The number of carbonyl (C=O) groups is 1. The maximum absolute atomic E-state index is 12.6. The molecule has 4 N–H and O–H groups in total. The average Bonchev–Trinajstić information content (AvgIpc) is 3.39. The number of nitrogens with two attached hydrogens (primary N) is 1. The molecule has 7 heteroatoms. The number of para-hydroxylation sites is 2.